The number of fused-ring (bicyclic) bond motifs is 2. The highest BCUT2D eigenvalue weighted by Gasteiger charge is 2.29. The molecule has 0 unspecified atom stereocenters. The lowest BCUT2D eigenvalue weighted by Crippen LogP contribution is -2.36. The van der Waals surface area contributed by atoms with Crippen LogP contribution in [0.4, 0.5) is 5.69 Å². The molecule has 4 rings (SSSR count). The van der Waals surface area contributed by atoms with E-state index >= 15 is 0 Å². The Morgan fingerprint density at radius 1 is 1.06 bits per heavy atom. The molecule has 14 heteroatoms. The maximum Gasteiger partial charge on any atom is 0.265 e. The summed E-state index contributed by atoms with van der Waals surface area (Å²) in [5, 5.41) is 2.23. The molecule has 1 aliphatic heterocycles. The van der Waals surface area contributed by atoms with Crippen LogP contribution in [0.5, 0.6) is 5.75 Å². The first kappa shape index (κ1) is 27.2. The summed E-state index contributed by atoms with van der Waals surface area (Å²) in [7, 11) is -6.62. The number of rotatable bonds is 10. The number of methoxy groups -OCH3 is 1. The second kappa shape index (κ2) is 10.9. The largest absolute Gasteiger partial charge is 0.497 e. The third-order valence-corrected chi connectivity index (χ3v) is 9.51. The lowest BCUT2D eigenvalue weighted by molar-refractivity contribution is -0.668. The predicted octanol–water partition coefficient (Wildman–Crippen LogP) is 4.32. The summed E-state index contributed by atoms with van der Waals surface area (Å²) in [6.07, 6.45) is 2.39. The summed E-state index contributed by atoms with van der Waals surface area (Å²) in [6.45, 7) is 0.686. The molecule has 0 atom stereocenters. The lowest BCUT2D eigenvalue weighted by atomic mass is 10.2. The van der Waals surface area contributed by atoms with Crippen LogP contribution in [0.2, 0.25) is 5.02 Å². The zero-order chi connectivity index (χ0) is 26.1. The van der Waals surface area contributed by atoms with Gasteiger partial charge in [-0.1, -0.05) is 34.7 Å². The van der Waals surface area contributed by atoms with Crippen molar-refractivity contribution < 1.29 is 35.2 Å². The van der Waals surface area contributed by atoms with Gasteiger partial charge in [0.1, 0.15) is 10.4 Å². The third kappa shape index (κ3) is 6.71. The van der Waals surface area contributed by atoms with Crippen molar-refractivity contribution in [3.05, 3.63) is 51.5 Å². The van der Waals surface area contributed by atoms with Crippen LogP contribution in [-0.4, -0.2) is 51.1 Å². The zero-order valence-electron chi connectivity index (χ0n) is 19.1. The number of hydrogen-bond acceptors (Lipinski definition) is 8. The number of thioether (sulfide) groups is 1. The van der Waals surface area contributed by atoms with Crippen LogP contribution >= 0.6 is 34.7 Å². The number of nitrogens with zero attached hydrogens (tertiary/aromatic N) is 2. The Morgan fingerprint density at radius 2 is 1.78 bits per heavy atom. The molecule has 0 amide bonds. The van der Waals surface area contributed by atoms with Crippen molar-refractivity contribution in [3.8, 4) is 5.75 Å². The van der Waals surface area contributed by atoms with Gasteiger partial charge in [-0.2, -0.15) is 21.4 Å². The van der Waals surface area contributed by atoms with E-state index in [1.807, 2.05) is 45.9 Å². The molecule has 9 nitrogen and oxygen atoms in total. The highest BCUT2D eigenvalue weighted by molar-refractivity contribution is 8.04. The Balaban J connectivity index is 1.74. The molecule has 0 spiro atoms. The summed E-state index contributed by atoms with van der Waals surface area (Å²) in [6, 6.07) is 11.2. The normalized spacial score (nSPS) is 15.1. The summed E-state index contributed by atoms with van der Waals surface area (Å²) >= 11 is 9.26. The van der Waals surface area contributed by atoms with Gasteiger partial charge < -0.3 is 9.64 Å². The van der Waals surface area contributed by atoms with E-state index in [-0.39, 0.29) is 24.3 Å². The topological polar surface area (TPSA) is 125 Å². The van der Waals surface area contributed by atoms with Crippen LogP contribution in [0.25, 0.3) is 16.3 Å². The van der Waals surface area contributed by atoms with Crippen molar-refractivity contribution in [2.24, 2.45) is 0 Å². The van der Waals surface area contributed by atoms with E-state index in [9.17, 15) is 25.9 Å². The molecule has 0 aliphatic carbocycles. The Bertz CT molecular complexity index is 1540. The molecule has 0 fully saturated rings. The monoisotopic (exact) mass is 591 g/mol. The first-order chi connectivity index (χ1) is 16.9. The fraction of sp³-hybridized carbons (Fsp3) is 0.318. The van der Waals surface area contributed by atoms with Crippen LogP contribution in [0, 0.1) is 0 Å². The van der Waals surface area contributed by atoms with Crippen LogP contribution in [0.15, 0.2) is 46.3 Å². The van der Waals surface area contributed by atoms with E-state index in [4.69, 9.17) is 16.3 Å². The molecule has 194 valence electrons. The van der Waals surface area contributed by atoms with Gasteiger partial charge in [-0.05, 0) is 36.8 Å². The fourth-order valence-electron chi connectivity index (χ4n) is 3.87. The van der Waals surface area contributed by atoms with Gasteiger partial charge in [0.25, 0.3) is 25.2 Å². The summed E-state index contributed by atoms with van der Waals surface area (Å²) in [5.74, 6) is -0.0693. The van der Waals surface area contributed by atoms with Crippen LogP contribution in [0.3, 0.4) is 0 Å². The molecule has 2 heterocycles. The van der Waals surface area contributed by atoms with Gasteiger partial charge in [-0.3, -0.25) is 9.11 Å². The lowest BCUT2D eigenvalue weighted by Gasteiger charge is -2.20. The first-order valence-electron chi connectivity index (χ1n) is 10.8. The standard InChI is InChI=1S/C22H23ClN2O7S4/c1-32-16-5-7-20-18(13-16)25(9-3-11-36(29,30)31)22(34-20)14-21-24(8-2-10-35(26,27)28)17-12-15(23)4-6-19(17)33-21/h4-7,12-14H,2-3,8-11H2,1H3,(H-,26,27,28,29,30,31)/p+1. The van der Waals surface area contributed by atoms with E-state index < -0.39 is 20.2 Å². The Labute approximate surface area is 222 Å². The van der Waals surface area contributed by atoms with Gasteiger partial charge in [-0.15, -0.1) is 0 Å². The van der Waals surface area contributed by atoms with Crippen molar-refractivity contribution in [2.45, 2.75) is 24.3 Å². The third-order valence-electron chi connectivity index (χ3n) is 5.44. The smallest absolute Gasteiger partial charge is 0.265 e. The highest BCUT2D eigenvalue weighted by atomic mass is 35.5. The Hall–Kier alpha value is -1.87. The molecule has 1 aliphatic rings. The average molecular weight is 592 g/mol. The molecule has 1 aromatic heterocycles. The average Bonchev–Trinajstić information content (AvgIpc) is 3.29. The maximum absolute atomic E-state index is 11.3. The van der Waals surface area contributed by atoms with Gasteiger partial charge in [0.15, 0.2) is 6.54 Å². The maximum atomic E-state index is 11.3. The second-order valence-corrected chi connectivity index (χ2v) is 13.8. The Morgan fingerprint density at radius 3 is 2.47 bits per heavy atom. The van der Waals surface area contributed by atoms with Gasteiger partial charge in [0.05, 0.1) is 41.5 Å². The molecule has 0 saturated heterocycles. The van der Waals surface area contributed by atoms with Crippen molar-refractivity contribution in [2.75, 3.05) is 30.1 Å². The molecule has 36 heavy (non-hydrogen) atoms. The van der Waals surface area contributed by atoms with Crippen LogP contribution in [-0.2, 0) is 26.8 Å². The van der Waals surface area contributed by atoms with Crippen LogP contribution < -0.4 is 14.2 Å². The number of aromatic nitrogens is 1. The van der Waals surface area contributed by atoms with Crippen molar-refractivity contribution in [1.29, 1.82) is 0 Å². The van der Waals surface area contributed by atoms with Gasteiger partial charge in [-0.25, -0.2) is 0 Å². The van der Waals surface area contributed by atoms with E-state index in [1.54, 1.807) is 13.2 Å². The fourth-order valence-corrected chi connectivity index (χ4v) is 7.31. The number of aryl methyl sites for hydroxylation is 1. The number of anilines is 1. The molecule has 0 bridgehead atoms. The van der Waals surface area contributed by atoms with E-state index in [0.717, 1.165) is 30.8 Å². The molecule has 2 aromatic carbocycles. The predicted molar refractivity (Wildman–Crippen MR) is 143 cm³/mol. The first-order valence-corrected chi connectivity index (χ1v) is 16.0. The number of ether oxygens (including phenoxy) is 1. The highest BCUT2D eigenvalue weighted by Crippen LogP contribution is 2.48. The zero-order valence-corrected chi connectivity index (χ0v) is 23.1. The summed E-state index contributed by atoms with van der Waals surface area (Å²) in [5.41, 5.74) is 1.71. The van der Waals surface area contributed by atoms with Crippen molar-refractivity contribution >= 4 is 76.9 Å². The molecule has 0 radical (unpaired) electrons. The summed E-state index contributed by atoms with van der Waals surface area (Å²) in [4.78, 5) is 2.92. The minimum absolute atomic E-state index is 0.209. The quantitative estimate of drug-likeness (QED) is 0.262. The van der Waals surface area contributed by atoms with Crippen molar-refractivity contribution in [1.82, 2.24) is 0 Å². The number of benzene rings is 2. The van der Waals surface area contributed by atoms with E-state index in [1.165, 1.54) is 23.1 Å². The summed E-state index contributed by atoms with van der Waals surface area (Å²) < 4.78 is 71.8. The van der Waals surface area contributed by atoms with Gasteiger partial charge in [0.2, 0.25) is 5.52 Å². The van der Waals surface area contributed by atoms with Crippen molar-refractivity contribution in [3.63, 3.8) is 0 Å². The van der Waals surface area contributed by atoms with E-state index in [0.29, 0.717) is 23.9 Å². The Kier molecular flexibility index (Phi) is 8.19. The van der Waals surface area contributed by atoms with Crippen LogP contribution in [0.1, 0.15) is 17.8 Å². The second-order valence-electron chi connectivity index (χ2n) is 8.05. The number of hydrogen-bond donors (Lipinski definition) is 2. The molecule has 0 saturated carbocycles. The molecule has 3 aromatic rings. The minimum atomic E-state index is -4.09. The van der Waals surface area contributed by atoms with Gasteiger partial charge >= 0.3 is 0 Å². The van der Waals surface area contributed by atoms with Gasteiger partial charge in [0, 0.05) is 22.9 Å². The van der Waals surface area contributed by atoms with E-state index in [2.05, 4.69) is 0 Å². The minimum Gasteiger partial charge on any atom is -0.497 e. The number of thiazole rings is 1. The number of halogens is 1. The molecule has 2 N–H and O–H groups in total. The molecular weight excluding hydrogens is 568 g/mol. The SMILES string of the molecule is COc1ccc2sc(C=C3Sc4ccc(Cl)cc4N3CCCS(=O)(=O)O)[n+](CCCS(=O)(=O)O)c2c1. The molecular formula is C22H24ClN2O7S4+.